The molecule has 0 saturated carbocycles. The van der Waals surface area contributed by atoms with Gasteiger partial charge in [-0.15, -0.1) is 0 Å². The maximum absolute atomic E-state index is 6.46. The van der Waals surface area contributed by atoms with E-state index in [1.807, 2.05) is 60.7 Å². The predicted octanol–water partition coefficient (Wildman–Crippen LogP) is 3.25. The van der Waals surface area contributed by atoms with Crippen molar-refractivity contribution in [3.63, 3.8) is 0 Å². The van der Waals surface area contributed by atoms with Crippen LogP contribution in [0.1, 0.15) is 34.6 Å². The third-order valence-electron chi connectivity index (χ3n) is 5.17. The number of allylic oxidation sites excluding steroid dienone is 4. The van der Waals surface area contributed by atoms with Crippen LogP contribution < -0.4 is 19.0 Å². The quantitative estimate of drug-likeness (QED) is 0.712. The molecule has 26 heavy (non-hydrogen) atoms. The molecule has 0 bridgehead atoms. The maximum Gasteiger partial charge on any atom is -1.00 e. The second-order valence-corrected chi connectivity index (χ2v) is 9.31. The van der Waals surface area contributed by atoms with E-state index in [1.54, 1.807) is 0 Å². The number of rotatable bonds is 5. The summed E-state index contributed by atoms with van der Waals surface area (Å²) in [6.45, 7) is 11.2. The number of hydrogen-bond donors (Lipinski definition) is 0. The van der Waals surface area contributed by atoms with Gasteiger partial charge in [0.1, 0.15) is 0 Å². The molecule has 0 unspecified atom stereocenters. The molecule has 3 rings (SSSR count). The largest absolute Gasteiger partial charge is 1.00 e. The average molecular weight is 405 g/mol. The van der Waals surface area contributed by atoms with E-state index in [9.17, 15) is 0 Å². The minimum atomic E-state index is -2.50. The second kappa shape index (κ2) is 8.48. The smallest absolute Gasteiger partial charge is 1.00 e. The molecule has 0 radical (unpaired) electrons. The van der Waals surface area contributed by atoms with Crippen molar-refractivity contribution in [2.45, 2.75) is 34.6 Å². The zero-order valence-electron chi connectivity index (χ0n) is 16.0. The first-order valence-corrected chi connectivity index (χ1v) is 10.7. The molecule has 0 fully saturated rings. The fourth-order valence-corrected chi connectivity index (χ4v) is 6.65. The Kier molecular flexibility index (Phi) is 6.79. The van der Waals surface area contributed by atoms with E-state index in [0.717, 1.165) is 11.5 Å². The number of hydrogen-bond acceptors (Lipinski definition) is 2. The third kappa shape index (κ3) is 4.09. The summed E-state index contributed by atoms with van der Waals surface area (Å²) in [6, 6.07) is 20.0. The summed E-state index contributed by atoms with van der Waals surface area (Å²) in [4.78, 5) is 0. The first-order valence-electron chi connectivity index (χ1n) is 8.64. The summed E-state index contributed by atoms with van der Waals surface area (Å²) in [5.41, 5.74) is 4.11. The molecule has 0 amide bonds. The van der Waals surface area contributed by atoms with Crippen molar-refractivity contribution in [3.05, 3.63) is 81.3 Å². The van der Waals surface area contributed by atoms with E-state index in [-0.39, 0.29) is 17.8 Å². The van der Waals surface area contributed by atoms with Gasteiger partial charge in [0, 0.05) is 0 Å². The van der Waals surface area contributed by atoms with Crippen LogP contribution in [-0.4, -0.2) is 0 Å². The van der Waals surface area contributed by atoms with Crippen LogP contribution in [-0.2, 0) is 18.6 Å². The summed E-state index contributed by atoms with van der Waals surface area (Å²) in [6.07, 6.45) is 0. The molecular formula is C22H25ClO2Ti. The predicted molar refractivity (Wildman–Crippen MR) is 99.0 cm³/mol. The van der Waals surface area contributed by atoms with Gasteiger partial charge in [0.2, 0.25) is 0 Å². The van der Waals surface area contributed by atoms with Gasteiger partial charge in [-0.3, -0.25) is 0 Å². The van der Waals surface area contributed by atoms with Gasteiger partial charge in [-0.2, -0.15) is 0 Å². The molecule has 1 aliphatic carbocycles. The Morgan fingerprint density at radius 1 is 0.692 bits per heavy atom. The van der Waals surface area contributed by atoms with Crippen LogP contribution in [0.2, 0.25) is 0 Å². The standard InChI is InChI=1S/C10H15.2C6H6O.ClH.Ti/c1-7-6-10(4,5)9(3)8(7)2;2*7-6-4-2-1-3-5-6;;/h1-5H3;2*1-5,7H;1H;/q;;;;+3/p-3. The molecule has 0 atom stereocenters. The molecule has 0 spiro atoms. The van der Waals surface area contributed by atoms with Crippen LogP contribution in [0.5, 0.6) is 11.5 Å². The van der Waals surface area contributed by atoms with E-state index in [2.05, 4.69) is 34.6 Å². The van der Waals surface area contributed by atoms with E-state index in [1.165, 1.54) is 20.6 Å². The van der Waals surface area contributed by atoms with Gasteiger partial charge in [0.05, 0.1) is 0 Å². The van der Waals surface area contributed by atoms with Crippen molar-refractivity contribution < 1.29 is 37.7 Å². The molecule has 2 aromatic rings. The summed E-state index contributed by atoms with van der Waals surface area (Å²) >= 11 is -2.50. The fourth-order valence-electron chi connectivity index (χ4n) is 3.32. The van der Waals surface area contributed by atoms with Crippen molar-refractivity contribution in [2.24, 2.45) is 5.41 Å². The van der Waals surface area contributed by atoms with E-state index >= 15 is 0 Å². The molecule has 1 aliphatic rings. The summed E-state index contributed by atoms with van der Waals surface area (Å²) in [7, 11) is 0. The number of benzene rings is 2. The van der Waals surface area contributed by atoms with Crippen molar-refractivity contribution in [1.29, 1.82) is 0 Å². The summed E-state index contributed by atoms with van der Waals surface area (Å²) in [5, 5.41) is 0. The van der Waals surface area contributed by atoms with Crippen LogP contribution in [0, 0.1) is 5.41 Å². The van der Waals surface area contributed by atoms with Gasteiger partial charge in [-0.05, 0) is 0 Å². The molecular weight excluding hydrogens is 380 g/mol. The van der Waals surface area contributed by atoms with Gasteiger partial charge < -0.3 is 12.4 Å². The zero-order valence-corrected chi connectivity index (χ0v) is 18.3. The first kappa shape index (κ1) is 20.8. The molecule has 0 saturated heterocycles. The SMILES string of the molecule is CC1=C(C)C(C)(C)[C]([Ti+]([O]c2ccccc2)[O]c2ccccc2)=C1C.[Cl-]. The Hall–Kier alpha value is -1.48. The molecule has 2 aromatic carbocycles. The Balaban J connectivity index is 0.00000243. The van der Waals surface area contributed by atoms with E-state index in [4.69, 9.17) is 6.64 Å². The second-order valence-electron chi connectivity index (χ2n) is 6.99. The van der Waals surface area contributed by atoms with Crippen molar-refractivity contribution in [3.8, 4) is 11.5 Å². The van der Waals surface area contributed by atoms with Crippen LogP contribution in [0.25, 0.3) is 0 Å². The van der Waals surface area contributed by atoms with Crippen LogP contribution in [0.4, 0.5) is 0 Å². The minimum absolute atomic E-state index is 0. The molecule has 0 heterocycles. The Morgan fingerprint density at radius 3 is 1.46 bits per heavy atom. The Bertz CT molecular complexity index is 769. The molecule has 4 heteroatoms. The zero-order chi connectivity index (χ0) is 18.0. The van der Waals surface area contributed by atoms with Crippen LogP contribution >= 0.6 is 0 Å². The molecule has 2 nitrogen and oxygen atoms in total. The molecule has 0 aromatic heterocycles. The van der Waals surface area contributed by atoms with Gasteiger partial charge in [-0.1, -0.05) is 0 Å². The van der Waals surface area contributed by atoms with Crippen molar-refractivity contribution >= 4 is 0 Å². The monoisotopic (exact) mass is 404 g/mol. The number of para-hydroxylation sites is 2. The van der Waals surface area contributed by atoms with Crippen molar-refractivity contribution in [2.75, 3.05) is 0 Å². The molecule has 136 valence electrons. The normalized spacial score (nSPS) is 15.6. The fraction of sp³-hybridized carbons (Fsp3) is 0.273. The van der Waals surface area contributed by atoms with Gasteiger partial charge in [0.25, 0.3) is 0 Å². The molecule has 0 N–H and O–H groups in total. The van der Waals surface area contributed by atoms with E-state index < -0.39 is 18.6 Å². The minimum Gasteiger partial charge on any atom is -1.00 e. The maximum atomic E-state index is 6.46. The Labute approximate surface area is 170 Å². The van der Waals surface area contributed by atoms with Gasteiger partial charge in [-0.25, -0.2) is 0 Å². The average Bonchev–Trinajstić information content (AvgIpc) is 2.76. The van der Waals surface area contributed by atoms with Gasteiger partial charge in [0.15, 0.2) is 0 Å². The number of halogens is 1. The van der Waals surface area contributed by atoms with Crippen LogP contribution in [0.15, 0.2) is 81.3 Å². The van der Waals surface area contributed by atoms with E-state index in [0.29, 0.717) is 0 Å². The van der Waals surface area contributed by atoms with Crippen molar-refractivity contribution in [1.82, 2.24) is 0 Å². The van der Waals surface area contributed by atoms with Gasteiger partial charge >= 0.3 is 158 Å². The third-order valence-corrected chi connectivity index (χ3v) is 8.69. The molecule has 0 aliphatic heterocycles. The summed E-state index contributed by atoms with van der Waals surface area (Å²) in [5.74, 6) is 1.76. The summed E-state index contributed by atoms with van der Waals surface area (Å²) < 4.78 is 14.3. The Morgan fingerprint density at radius 2 is 1.12 bits per heavy atom. The topological polar surface area (TPSA) is 18.5 Å². The first-order chi connectivity index (χ1) is 11.9. The van der Waals surface area contributed by atoms with Crippen LogP contribution in [0.3, 0.4) is 0 Å².